The van der Waals surface area contributed by atoms with Crippen molar-refractivity contribution in [1.29, 1.82) is 0 Å². The summed E-state index contributed by atoms with van der Waals surface area (Å²) in [6.45, 7) is 8.28. The maximum atomic E-state index is 4.29. The Labute approximate surface area is 166 Å². The Morgan fingerprint density at radius 2 is 0.929 bits per heavy atom. The van der Waals surface area contributed by atoms with Crippen LogP contribution >= 0.6 is 0 Å². The van der Waals surface area contributed by atoms with Gasteiger partial charge in [-0.25, -0.2) is 0 Å². The van der Waals surface area contributed by atoms with Crippen molar-refractivity contribution in [2.45, 2.75) is 40.5 Å². The van der Waals surface area contributed by atoms with Gasteiger partial charge in [0.25, 0.3) is 0 Å². The summed E-state index contributed by atoms with van der Waals surface area (Å²) in [4.78, 5) is 0. The second-order valence-corrected chi connectivity index (χ2v) is 7.57. The van der Waals surface area contributed by atoms with Crippen molar-refractivity contribution in [3.05, 3.63) is 93.6 Å². The van der Waals surface area contributed by atoms with Gasteiger partial charge in [-0.2, -0.15) is 10.2 Å². The van der Waals surface area contributed by atoms with E-state index in [1.54, 1.807) is 0 Å². The monoisotopic (exact) mass is 370 g/mol. The molecule has 0 aliphatic heterocycles. The minimum Gasteiger partial charge on any atom is -0.282 e. The van der Waals surface area contributed by atoms with Gasteiger partial charge in [-0.05, 0) is 49.9 Å². The minimum atomic E-state index is 0.913. The average Bonchev–Trinajstić information content (AvgIpc) is 3.19. The zero-order valence-corrected chi connectivity index (χ0v) is 16.9. The highest BCUT2D eigenvalue weighted by Gasteiger charge is 2.09. The molecule has 0 saturated carbocycles. The van der Waals surface area contributed by atoms with E-state index in [4.69, 9.17) is 0 Å². The van der Waals surface area contributed by atoms with Crippen LogP contribution in [0.3, 0.4) is 0 Å². The minimum absolute atomic E-state index is 0.913. The van der Waals surface area contributed by atoms with Crippen LogP contribution in [0.1, 0.15) is 45.0 Å². The van der Waals surface area contributed by atoms with Crippen molar-refractivity contribution in [3.8, 4) is 11.1 Å². The number of aromatic amines is 2. The van der Waals surface area contributed by atoms with E-state index in [1.165, 1.54) is 33.4 Å². The van der Waals surface area contributed by atoms with Gasteiger partial charge in [-0.15, -0.1) is 0 Å². The Hall–Kier alpha value is -3.14. The highest BCUT2D eigenvalue weighted by molar-refractivity contribution is 5.64. The Morgan fingerprint density at radius 1 is 0.571 bits per heavy atom. The first-order valence-corrected chi connectivity index (χ1v) is 9.70. The number of nitrogens with one attached hydrogen (secondary N) is 2. The molecule has 0 radical (unpaired) electrons. The van der Waals surface area contributed by atoms with E-state index < -0.39 is 0 Å². The number of H-pyrrole nitrogens is 2. The zero-order chi connectivity index (χ0) is 19.7. The van der Waals surface area contributed by atoms with Gasteiger partial charge in [0, 0.05) is 35.4 Å². The van der Waals surface area contributed by atoms with Crippen LogP contribution in [0.25, 0.3) is 11.1 Å². The number of hydrogen-bond donors (Lipinski definition) is 2. The van der Waals surface area contributed by atoms with E-state index in [1.807, 2.05) is 0 Å². The van der Waals surface area contributed by atoms with Crippen molar-refractivity contribution >= 4 is 0 Å². The molecule has 0 fully saturated rings. The smallest absolute Gasteiger partial charge is 0.0629 e. The highest BCUT2D eigenvalue weighted by atomic mass is 15.1. The normalized spacial score (nSPS) is 11.1. The Kier molecular flexibility index (Phi) is 4.86. The summed E-state index contributed by atoms with van der Waals surface area (Å²) in [5.41, 5.74) is 12.2. The third-order valence-electron chi connectivity index (χ3n) is 5.56. The van der Waals surface area contributed by atoms with E-state index in [9.17, 15) is 0 Å². The SMILES string of the molecule is Cc1n[nH]c(C)c1Cc1ccc(-c2ccc(Cc3c(C)n[nH]c3C)cc2)cc1. The van der Waals surface area contributed by atoms with E-state index >= 15 is 0 Å². The molecule has 0 saturated heterocycles. The van der Waals surface area contributed by atoms with E-state index in [0.29, 0.717) is 0 Å². The summed E-state index contributed by atoms with van der Waals surface area (Å²) in [5, 5.41) is 14.7. The maximum absolute atomic E-state index is 4.29. The number of benzene rings is 2. The Bertz CT molecular complexity index is 954. The highest BCUT2D eigenvalue weighted by Crippen LogP contribution is 2.24. The van der Waals surface area contributed by atoms with Gasteiger partial charge in [0.05, 0.1) is 11.4 Å². The topological polar surface area (TPSA) is 57.4 Å². The summed E-state index contributed by atoms with van der Waals surface area (Å²) in [6.07, 6.45) is 1.83. The third-order valence-corrected chi connectivity index (χ3v) is 5.56. The van der Waals surface area contributed by atoms with Crippen LogP contribution in [0.4, 0.5) is 0 Å². The number of aromatic nitrogens is 4. The molecule has 4 nitrogen and oxygen atoms in total. The lowest BCUT2D eigenvalue weighted by atomic mass is 9.97. The predicted molar refractivity (Wildman–Crippen MR) is 114 cm³/mol. The van der Waals surface area contributed by atoms with Crippen molar-refractivity contribution in [2.75, 3.05) is 0 Å². The molecule has 2 N–H and O–H groups in total. The van der Waals surface area contributed by atoms with Crippen LogP contribution in [0, 0.1) is 27.7 Å². The molecule has 0 aliphatic carbocycles. The maximum Gasteiger partial charge on any atom is 0.0629 e. The molecule has 0 spiro atoms. The summed E-state index contributed by atoms with van der Waals surface area (Å²) < 4.78 is 0. The molecule has 0 unspecified atom stereocenters. The zero-order valence-electron chi connectivity index (χ0n) is 16.9. The summed E-state index contributed by atoms with van der Waals surface area (Å²) in [5.74, 6) is 0. The van der Waals surface area contributed by atoms with Crippen molar-refractivity contribution in [3.63, 3.8) is 0 Å². The van der Waals surface area contributed by atoms with Crippen LogP contribution < -0.4 is 0 Å². The van der Waals surface area contributed by atoms with Gasteiger partial charge in [0.1, 0.15) is 0 Å². The molecule has 2 aromatic heterocycles. The molecule has 4 aromatic rings. The van der Waals surface area contributed by atoms with E-state index in [0.717, 1.165) is 35.6 Å². The summed E-state index contributed by atoms with van der Waals surface area (Å²) in [7, 11) is 0. The first-order valence-electron chi connectivity index (χ1n) is 9.70. The fraction of sp³-hybridized carbons (Fsp3) is 0.250. The van der Waals surface area contributed by atoms with Gasteiger partial charge in [0.2, 0.25) is 0 Å². The summed E-state index contributed by atoms with van der Waals surface area (Å²) >= 11 is 0. The molecule has 0 amide bonds. The number of hydrogen-bond acceptors (Lipinski definition) is 2. The number of rotatable bonds is 5. The first-order chi connectivity index (χ1) is 13.5. The molecule has 0 bridgehead atoms. The van der Waals surface area contributed by atoms with E-state index in [-0.39, 0.29) is 0 Å². The Balaban J connectivity index is 1.48. The molecule has 0 atom stereocenters. The fourth-order valence-corrected chi connectivity index (χ4v) is 3.71. The molecule has 142 valence electrons. The molecule has 0 aliphatic rings. The van der Waals surface area contributed by atoms with Crippen molar-refractivity contribution < 1.29 is 0 Å². The van der Waals surface area contributed by atoms with Crippen LogP contribution in [0.15, 0.2) is 48.5 Å². The van der Waals surface area contributed by atoms with Crippen LogP contribution in [0.2, 0.25) is 0 Å². The average molecular weight is 371 g/mol. The molecular weight excluding hydrogens is 344 g/mol. The number of aryl methyl sites for hydroxylation is 4. The van der Waals surface area contributed by atoms with Crippen molar-refractivity contribution in [1.82, 2.24) is 20.4 Å². The molecule has 28 heavy (non-hydrogen) atoms. The largest absolute Gasteiger partial charge is 0.282 e. The molecule has 2 aromatic carbocycles. The lowest BCUT2D eigenvalue weighted by Gasteiger charge is -2.07. The molecule has 4 rings (SSSR count). The van der Waals surface area contributed by atoms with Gasteiger partial charge in [0.15, 0.2) is 0 Å². The van der Waals surface area contributed by atoms with Gasteiger partial charge in [-0.3, -0.25) is 10.2 Å². The van der Waals surface area contributed by atoms with Gasteiger partial charge in [-0.1, -0.05) is 48.5 Å². The lowest BCUT2D eigenvalue weighted by Crippen LogP contribution is -1.93. The fourth-order valence-electron chi connectivity index (χ4n) is 3.71. The first kappa shape index (κ1) is 18.2. The lowest BCUT2D eigenvalue weighted by molar-refractivity contribution is 1.02. The van der Waals surface area contributed by atoms with E-state index in [2.05, 4.69) is 96.6 Å². The molecular formula is C24H26N4. The van der Waals surface area contributed by atoms with Crippen LogP contribution in [-0.4, -0.2) is 20.4 Å². The predicted octanol–water partition coefficient (Wildman–Crippen LogP) is 5.22. The van der Waals surface area contributed by atoms with Gasteiger partial charge >= 0.3 is 0 Å². The Morgan fingerprint density at radius 3 is 1.21 bits per heavy atom. The van der Waals surface area contributed by atoms with Crippen molar-refractivity contribution in [2.24, 2.45) is 0 Å². The molecule has 4 heteroatoms. The van der Waals surface area contributed by atoms with Crippen LogP contribution in [-0.2, 0) is 12.8 Å². The third kappa shape index (κ3) is 3.63. The van der Waals surface area contributed by atoms with Crippen LogP contribution in [0.5, 0.6) is 0 Å². The summed E-state index contributed by atoms with van der Waals surface area (Å²) in [6, 6.07) is 17.7. The van der Waals surface area contributed by atoms with Gasteiger partial charge < -0.3 is 0 Å². The standard InChI is InChI=1S/C24H26N4/c1-15-23(16(2)26-25-15)13-19-5-9-21(10-6-19)22-11-7-20(8-12-22)14-24-17(3)27-28-18(24)4/h5-12H,13-14H2,1-4H3,(H,25,26)(H,27,28). The molecule has 2 heterocycles. The second-order valence-electron chi connectivity index (χ2n) is 7.57. The quantitative estimate of drug-likeness (QED) is 0.506. The second kappa shape index (κ2) is 7.47. The number of nitrogens with zero attached hydrogens (tertiary/aromatic N) is 2.